The van der Waals surface area contributed by atoms with Crippen molar-refractivity contribution in [3.05, 3.63) is 0 Å². The molecule has 1 aliphatic rings. The van der Waals surface area contributed by atoms with Crippen LogP contribution < -0.4 is 16.4 Å². The largest absolute Gasteiger partial charge is 0.370 e. The summed E-state index contributed by atoms with van der Waals surface area (Å²) in [5.41, 5.74) is 5.24. The molecule has 0 aromatic heterocycles. The average Bonchev–Trinajstić information content (AvgIpc) is 2.29. The van der Waals surface area contributed by atoms with Crippen molar-refractivity contribution < 1.29 is 9.59 Å². The molecule has 0 aromatic carbocycles. The molecule has 0 aliphatic heterocycles. The van der Waals surface area contributed by atoms with Gasteiger partial charge in [-0.15, -0.1) is 0 Å². The van der Waals surface area contributed by atoms with Gasteiger partial charge in [-0.3, -0.25) is 9.59 Å². The fraction of sp³-hybridized carbons (Fsp3) is 0.833. The second-order valence-corrected chi connectivity index (χ2v) is 4.77. The topological polar surface area (TPSA) is 84.2 Å². The summed E-state index contributed by atoms with van der Waals surface area (Å²) in [6.07, 6.45) is 6.03. The van der Waals surface area contributed by atoms with Crippen LogP contribution in [0.5, 0.6) is 0 Å². The zero-order valence-electron chi connectivity index (χ0n) is 10.5. The van der Waals surface area contributed by atoms with Crippen LogP contribution >= 0.6 is 0 Å². The summed E-state index contributed by atoms with van der Waals surface area (Å²) >= 11 is 0. The lowest BCUT2D eigenvalue weighted by Gasteiger charge is -2.30. The number of carbonyl (C=O) groups excluding carboxylic acids is 2. The van der Waals surface area contributed by atoms with Crippen LogP contribution in [0.2, 0.25) is 0 Å². The van der Waals surface area contributed by atoms with E-state index in [0.717, 1.165) is 12.8 Å². The minimum Gasteiger partial charge on any atom is -0.370 e. The molecule has 1 unspecified atom stereocenters. The van der Waals surface area contributed by atoms with Gasteiger partial charge in [-0.25, -0.2) is 0 Å². The molecule has 98 valence electrons. The molecule has 1 saturated carbocycles. The van der Waals surface area contributed by atoms with E-state index in [0.29, 0.717) is 5.92 Å². The van der Waals surface area contributed by atoms with Crippen LogP contribution in [-0.4, -0.2) is 31.4 Å². The summed E-state index contributed by atoms with van der Waals surface area (Å²) in [6.45, 7) is 0.280. The van der Waals surface area contributed by atoms with Crippen molar-refractivity contribution in [2.24, 2.45) is 11.7 Å². The molecule has 17 heavy (non-hydrogen) atoms. The third-order valence-electron chi connectivity index (χ3n) is 3.32. The van der Waals surface area contributed by atoms with Crippen LogP contribution in [0.4, 0.5) is 0 Å². The van der Waals surface area contributed by atoms with E-state index in [-0.39, 0.29) is 30.8 Å². The summed E-state index contributed by atoms with van der Waals surface area (Å²) in [4.78, 5) is 22.6. The summed E-state index contributed by atoms with van der Waals surface area (Å²) in [5, 5.41) is 5.72. The zero-order chi connectivity index (χ0) is 12.7. The minimum atomic E-state index is -0.342. The van der Waals surface area contributed by atoms with Gasteiger partial charge in [0.05, 0.1) is 6.54 Å². The fourth-order valence-electron chi connectivity index (χ4n) is 2.51. The van der Waals surface area contributed by atoms with Crippen molar-refractivity contribution in [1.29, 1.82) is 0 Å². The van der Waals surface area contributed by atoms with Gasteiger partial charge in [-0.05, 0) is 25.8 Å². The maximum absolute atomic E-state index is 11.6. The Balaban J connectivity index is 2.52. The molecule has 0 radical (unpaired) electrons. The molecule has 1 atom stereocenters. The van der Waals surface area contributed by atoms with Crippen LogP contribution in [0, 0.1) is 5.92 Å². The van der Waals surface area contributed by atoms with E-state index in [4.69, 9.17) is 5.73 Å². The Morgan fingerprint density at radius 1 is 1.29 bits per heavy atom. The van der Waals surface area contributed by atoms with Gasteiger partial charge < -0.3 is 16.4 Å². The molecule has 1 rings (SSSR count). The summed E-state index contributed by atoms with van der Waals surface area (Å²) in [5.74, 6) is -0.00768. The SMILES string of the molecule is CNCC(=O)NC(CC(N)=O)C1CCCCC1. The monoisotopic (exact) mass is 241 g/mol. The second-order valence-electron chi connectivity index (χ2n) is 4.77. The first-order valence-electron chi connectivity index (χ1n) is 6.35. The molecular weight excluding hydrogens is 218 g/mol. The van der Waals surface area contributed by atoms with Crippen molar-refractivity contribution in [3.63, 3.8) is 0 Å². The average molecular weight is 241 g/mol. The number of likely N-dealkylation sites (N-methyl/N-ethyl adjacent to an activating group) is 1. The molecule has 0 bridgehead atoms. The highest BCUT2D eigenvalue weighted by Gasteiger charge is 2.26. The number of rotatable bonds is 6. The van der Waals surface area contributed by atoms with Gasteiger partial charge >= 0.3 is 0 Å². The lowest BCUT2D eigenvalue weighted by Crippen LogP contribution is -2.46. The highest BCUT2D eigenvalue weighted by atomic mass is 16.2. The van der Waals surface area contributed by atoms with E-state index in [1.807, 2.05) is 0 Å². The van der Waals surface area contributed by atoms with Crippen molar-refractivity contribution in [3.8, 4) is 0 Å². The number of carbonyl (C=O) groups is 2. The Morgan fingerprint density at radius 3 is 2.47 bits per heavy atom. The fourth-order valence-corrected chi connectivity index (χ4v) is 2.51. The van der Waals surface area contributed by atoms with Gasteiger partial charge in [0, 0.05) is 12.5 Å². The number of nitrogens with two attached hydrogens (primary N) is 1. The summed E-state index contributed by atoms with van der Waals surface area (Å²) in [7, 11) is 1.73. The molecule has 1 fully saturated rings. The Hall–Kier alpha value is -1.10. The second kappa shape index (κ2) is 7.27. The van der Waals surface area contributed by atoms with E-state index in [2.05, 4.69) is 10.6 Å². The predicted molar refractivity (Wildman–Crippen MR) is 66.2 cm³/mol. The van der Waals surface area contributed by atoms with Crippen LogP contribution in [0.1, 0.15) is 38.5 Å². The minimum absolute atomic E-state index is 0.0654. The number of hydrogen-bond acceptors (Lipinski definition) is 3. The van der Waals surface area contributed by atoms with Crippen molar-refractivity contribution in [1.82, 2.24) is 10.6 Å². The van der Waals surface area contributed by atoms with Crippen LogP contribution in [-0.2, 0) is 9.59 Å². The van der Waals surface area contributed by atoms with E-state index in [1.54, 1.807) is 7.05 Å². The van der Waals surface area contributed by atoms with Gasteiger partial charge in [0.15, 0.2) is 0 Å². The standard InChI is InChI=1S/C12H23N3O2/c1-14-8-12(17)15-10(7-11(13)16)9-5-3-2-4-6-9/h9-10,14H,2-8H2,1H3,(H2,13,16)(H,15,17). The first-order valence-corrected chi connectivity index (χ1v) is 6.35. The van der Waals surface area contributed by atoms with Crippen LogP contribution in [0.25, 0.3) is 0 Å². The maximum Gasteiger partial charge on any atom is 0.234 e. The van der Waals surface area contributed by atoms with E-state index < -0.39 is 0 Å². The number of primary amides is 1. The van der Waals surface area contributed by atoms with E-state index in [9.17, 15) is 9.59 Å². The Morgan fingerprint density at radius 2 is 1.94 bits per heavy atom. The van der Waals surface area contributed by atoms with Gasteiger partial charge in [0.25, 0.3) is 0 Å². The number of nitrogens with one attached hydrogen (secondary N) is 2. The smallest absolute Gasteiger partial charge is 0.234 e. The highest BCUT2D eigenvalue weighted by molar-refractivity contribution is 5.80. The Bertz CT molecular complexity index is 262. The first-order chi connectivity index (χ1) is 8.13. The zero-order valence-corrected chi connectivity index (χ0v) is 10.5. The molecule has 5 nitrogen and oxygen atoms in total. The van der Waals surface area contributed by atoms with Gasteiger partial charge in [-0.2, -0.15) is 0 Å². The molecule has 0 spiro atoms. The van der Waals surface area contributed by atoms with Gasteiger partial charge in [0.2, 0.25) is 11.8 Å². The lowest BCUT2D eigenvalue weighted by molar-refractivity contribution is -0.122. The number of hydrogen-bond donors (Lipinski definition) is 3. The van der Waals surface area contributed by atoms with Crippen LogP contribution in [0.3, 0.4) is 0 Å². The molecule has 0 aromatic rings. The summed E-state index contributed by atoms with van der Waals surface area (Å²) < 4.78 is 0. The van der Waals surface area contributed by atoms with Crippen LogP contribution in [0.15, 0.2) is 0 Å². The molecule has 2 amide bonds. The Labute approximate surface area is 103 Å². The highest BCUT2D eigenvalue weighted by Crippen LogP contribution is 2.27. The van der Waals surface area contributed by atoms with Gasteiger partial charge in [0.1, 0.15) is 0 Å². The molecule has 4 N–H and O–H groups in total. The normalized spacial score (nSPS) is 18.6. The maximum atomic E-state index is 11.6. The number of amides is 2. The van der Waals surface area contributed by atoms with Gasteiger partial charge in [-0.1, -0.05) is 19.3 Å². The quantitative estimate of drug-likeness (QED) is 0.618. The molecule has 0 heterocycles. The van der Waals surface area contributed by atoms with Crippen molar-refractivity contribution in [2.45, 2.75) is 44.6 Å². The summed E-state index contributed by atoms with van der Waals surface area (Å²) in [6, 6.07) is -0.0892. The third kappa shape index (κ3) is 5.17. The molecular formula is C12H23N3O2. The Kier molecular flexibility index (Phi) is 5.97. The van der Waals surface area contributed by atoms with E-state index in [1.165, 1.54) is 19.3 Å². The van der Waals surface area contributed by atoms with E-state index >= 15 is 0 Å². The van der Waals surface area contributed by atoms with Crippen molar-refractivity contribution >= 4 is 11.8 Å². The third-order valence-corrected chi connectivity index (χ3v) is 3.32. The van der Waals surface area contributed by atoms with Crippen molar-refractivity contribution in [2.75, 3.05) is 13.6 Å². The first kappa shape index (κ1) is 14.0. The predicted octanol–water partition coefficient (Wildman–Crippen LogP) is 0.146. The molecule has 1 aliphatic carbocycles. The lowest BCUT2D eigenvalue weighted by atomic mass is 9.82. The molecule has 0 saturated heterocycles. The molecule has 5 heteroatoms.